The van der Waals surface area contributed by atoms with Gasteiger partial charge >= 0.3 is 0 Å². The maximum absolute atomic E-state index is 13.8. The first kappa shape index (κ1) is 16.4. The zero-order valence-corrected chi connectivity index (χ0v) is 14.5. The van der Waals surface area contributed by atoms with Gasteiger partial charge in [0.25, 0.3) is 5.78 Å². The Bertz CT molecular complexity index is 948. The zero-order valence-electron chi connectivity index (χ0n) is 14.5. The third-order valence-corrected chi connectivity index (χ3v) is 4.62. The SMILES string of the molecule is Cc1cc(N2CCN(C(=O)Cc3ccccc3F)CC2)n2ncnc2n1. The van der Waals surface area contributed by atoms with E-state index in [9.17, 15) is 9.18 Å². The number of anilines is 1. The standard InChI is InChI=1S/C18H19FN6O/c1-13-10-16(25-18(22-13)20-12-21-25)23-6-8-24(9-7-23)17(26)11-14-4-2-3-5-15(14)19/h2-5,10,12H,6-9,11H2,1H3. The normalized spacial score (nSPS) is 14.8. The third-order valence-electron chi connectivity index (χ3n) is 4.62. The Hall–Kier alpha value is -3.03. The van der Waals surface area contributed by atoms with Crippen LogP contribution in [0.4, 0.5) is 10.2 Å². The van der Waals surface area contributed by atoms with Crippen molar-refractivity contribution in [3.8, 4) is 0 Å². The molecule has 0 atom stereocenters. The summed E-state index contributed by atoms with van der Waals surface area (Å²) in [7, 11) is 0. The van der Waals surface area contributed by atoms with Gasteiger partial charge in [-0.05, 0) is 18.6 Å². The van der Waals surface area contributed by atoms with Gasteiger partial charge in [-0.2, -0.15) is 14.6 Å². The highest BCUT2D eigenvalue weighted by Crippen LogP contribution is 2.18. The average molecular weight is 354 g/mol. The number of amides is 1. The molecule has 0 aliphatic carbocycles. The Labute approximate surface area is 150 Å². The lowest BCUT2D eigenvalue weighted by molar-refractivity contribution is -0.130. The van der Waals surface area contributed by atoms with Crippen molar-refractivity contribution in [3.63, 3.8) is 0 Å². The second-order valence-electron chi connectivity index (χ2n) is 6.36. The van der Waals surface area contributed by atoms with Gasteiger partial charge < -0.3 is 9.80 Å². The molecule has 0 saturated carbocycles. The number of benzene rings is 1. The van der Waals surface area contributed by atoms with Crippen molar-refractivity contribution >= 4 is 17.5 Å². The van der Waals surface area contributed by atoms with Crippen molar-refractivity contribution in [1.29, 1.82) is 0 Å². The second-order valence-corrected chi connectivity index (χ2v) is 6.36. The molecule has 0 radical (unpaired) electrons. The predicted octanol–water partition coefficient (Wildman–Crippen LogP) is 1.46. The van der Waals surface area contributed by atoms with E-state index in [4.69, 9.17) is 0 Å². The number of fused-ring (bicyclic) bond motifs is 1. The van der Waals surface area contributed by atoms with Gasteiger partial charge in [0.2, 0.25) is 5.91 Å². The second kappa shape index (κ2) is 6.70. The number of halogens is 1. The molecule has 0 spiro atoms. The average Bonchev–Trinajstić information content (AvgIpc) is 3.11. The molecule has 8 heteroatoms. The third kappa shape index (κ3) is 3.10. The molecule has 1 aromatic carbocycles. The largest absolute Gasteiger partial charge is 0.353 e. The van der Waals surface area contributed by atoms with Gasteiger partial charge in [0.15, 0.2) is 0 Å². The molecule has 1 amide bonds. The number of carbonyl (C=O) groups excluding carboxylic acids is 1. The molecule has 3 aromatic rings. The summed E-state index contributed by atoms with van der Waals surface area (Å²) in [4.78, 5) is 24.9. The lowest BCUT2D eigenvalue weighted by atomic mass is 10.1. The molecule has 1 saturated heterocycles. The summed E-state index contributed by atoms with van der Waals surface area (Å²) in [6.45, 7) is 4.46. The van der Waals surface area contributed by atoms with Crippen molar-refractivity contribution in [1.82, 2.24) is 24.5 Å². The Balaban J connectivity index is 1.44. The molecule has 4 rings (SSSR count). The number of aryl methyl sites for hydroxylation is 1. The van der Waals surface area contributed by atoms with Gasteiger partial charge in [0, 0.05) is 37.9 Å². The summed E-state index contributed by atoms with van der Waals surface area (Å²) in [5.41, 5.74) is 1.31. The van der Waals surface area contributed by atoms with Crippen LogP contribution in [-0.2, 0) is 11.2 Å². The molecule has 7 nitrogen and oxygen atoms in total. The zero-order chi connectivity index (χ0) is 18.1. The van der Waals surface area contributed by atoms with Crippen LogP contribution in [0.5, 0.6) is 0 Å². The first-order valence-corrected chi connectivity index (χ1v) is 8.55. The molecular formula is C18H19FN6O. The summed E-state index contributed by atoms with van der Waals surface area (Å²) in [5, 5.41) is 4.23. The molecule has 1 aliphatic rings. The van der Waals surface area contributed by atoms with Gasteiger partial charge in [-0.3, -0.25) is 4.79 Å². The minimum Gasteiger partial charge on any atom is -0.353 e. The van der Waals surface area contributed by atoms with Crippen LogP contribution in [0.15, 0.2) is 36.7 Å². The van der Waals surface area contributed by atoms with Crippen LogP contribution in [0.25, 0.3) is 5.78 Å². The predicted molar refractivity (Wildman–Crippen MR) is 94.4 cm³/mol. The molecule has 0 unspecified atom stereocenters. The molecule has 3 heterocycles. The Kier molecular flexibility index (Phi) is 4.24. The minimum absolute atomic E-state index is 0.0495. The van der Waals surface area contributed by atoms with Crippen LogP contribution in [0, 0.1) is 12.7 Å². The van der Waals surface area contributed by atoms with Crippen LogP contribution < -0.4 is 4.90 Å². The van der Waals surface area contributed by atoms with Crippen molar-refractivity contribution in [2.24, 2.45) is 0 Å². The molecule has 1 fully saturated rings. The van der Waals surface area contributed by atoms with E-state index in [0.717, 1.165) is 11.5 Å². The number of hydrogen-bond acceptors (Lipinski definition) is 5. The van der Waals surface area contributed by atoms with Crippen LogP contribution in [-0.4, -0.2) is 56.6 Å². The lowest BCUT2D eigenvalue weighted by Crippen LogP contribution is -2.49. The summed E-state index contributed by atoms with van der Waals surface area (Å²) in [5.74, 6) is 1.11. The number of hydrogen-bond donors (Lipinski definition) is 0. The summed E-state index contributed by atoms with van der Waals surface area (Å²) < 4.78 is 15.5. The van der Waals surface area contributed by atoms with Crippen molar-refractivity contribution < 1.29 is 9.18 Å². The maximum Gasteiger partial charge on any atom is 0.254 e. The van der Waals surface area contributed by atoms with E-state index < -0.39 is 0 Å². The Morgan fingerprint density at radius 3 is 2.73 bits per heavy atom. The molecular weight excluding hydrogens is 335 g/mol. The van der Waals surface area contributed by atoms with E-state index in [1.165, 1.54) is 12.4 Å². The van der Waals surface area contributed by atoms with E-state index >= 15 is 0 Å². The van der Waals surface area contributed by atoms with Crippen molar-refractivity contribution in [2.45, 2.75) is 13.3 Å². The highest BCUT2D eigenvalue weighted by atomic mass is 19.1. The summed E-state index contributed by atoms with van der Waals surface area (Å²) >= 11 is 0. The van der Waals surface area contributed by atoms with Gasteiger partial charge in [0.05, 0.1) is 6.42 Å². The summed E-state index contributed by atoms with van der Waals surface area (Å²) in [6.07, 6.45) is 1.58. The molecule has 0 bridgehead atoms. The number of piperazine rings is 1. The fourth-order valence-corrected chi connectivity index (χ4v) is 3.24. The number of rotatable bonds is 3. The van der Waals surface area contributed by atoms with E-state index in [2.05, 4.69) is 20.0 Å². The van der Waals surface area contributed by atoms with Gasteiger partial charge in [0.1, 0.15) is 18.0 Å². The quantitative estimate of drug-likeness (QED) is 0.712. The first-order valence-electron chi connectivity index (χ1n) is 8.55. The van der Waals surface area contributed by atoms with E-state index in [0.29, 0.717) is 37.5 Å². The summed E-state index contributed by atoms with van der Waals surface area (Å²) in [6, 6.07) is 8.39. The molecule has 26 heavy (non-hydrogen) atoms. The highest BCUT2D eigenvalue weighted by Gasteiger charge is 2.24. The van der Waals surface area contributed by atoms with Crippen LogP contribution in [0.3, 0.4) is 0 Å². The van der Waals surface area contributed by atoms with Crippen molar-refractivity contribution in [2.75, 3.05) is 31.1 Å². The molecule has 1 aliphatic heterocycles. The van der Waals surface area contributed by atoms with Gasteiger partial charge in [-0.15, -0.1) is 0 Å². The van der Waals surface area contributed by atoms with Crippen LogP contribution in [0.1, 0.15) is 11.3 Å². The monoisotopic (exact) mass is 354 g/mol. The van der Waals surface area contributed by atoms with E-state index in [-0.39, 0.29) is 18.1 Å². The van der Waals surface area contributed by atoms with Crippen LogP contribution >= 0.6 is 0 Å². The lowest BCUT2D eigenvalue weighted by Gasteiger charge is -2.36. The van der Waals surface area contributed by atoms with Crippen molar-refractivity contribution in [3.05, 3.63) is 53.7 Å². The maximum atomic E-state index is 13.8. The number of carbonyl (C=O) groups is 1. The van der Waals surface area contributed by atoms with E-state index in [1.807, 2.05) is 13.0 Å². The number of aromatic nitrogens is 4. The van der Waals surface area contributed by atoms with Gasteiger partial charge in [-0.1, -0.05) is 18.2 Å². The Morgan fingerprint density at radius 1 is 1.19 bits per heavy atom. The number of nitrogens with zero attached hydrogens (tertiary/aromatic N) is 6. The Morgan fingerprint density at radius 2 is 1.96 bits per heavy atom. The van der Waals surface area contributed by atoms with E-state index in [1.54, 1.807) is 27.6 Å². The van der Waals surface area contributed by atoms with Crippen LogP contribution in [0.2, 0.25) is 0 Å². The van der Waals surface area contributed by atoms with Gasteiger partial charge in [-0.25, -0.2) is 9.37 Å². The molecule has 2 aromatic heterocycles. The topological polar surface area (TPSA) is 66.6 Å². The smallest absolute Gasteiger partial charge is 0.254 e. The fraction of sp³-hybridized carbons (Fsp3) is 0.333. The highest BCUT2D eigenvalue weighted by molar-refractivity contribution is 5.79. The fourth-order valence-electron chi connectivity index (χ4n) is 3.24. The minimum atomic E-state index is -0.333. The first-order chi connectivity index (χ1) is 12.6. The molecule has 134 valence electrons. The molecule has 0 N–H and O–H groups in total.